The smallest absolute Gasteiger partial charge is 0.338 e. The molecular weight excluding hydrogens is 209 g/mol. The van der Waals surface area contributed by atoms with E-state index in [-0.39, 0.29) is 5.57 Å². The van der Waals surface area contributed by atoms with Crippen LogP contribution in [0.15, 0.2) is 24.1 Å². The molecular formula is C10H13F3O2. The SMILES string of the molecule is C=C[C@@H](OC(C)=O)C(F)(F)C(F)=C(C)C. The topological polar surface area (TPSA) is 26.3 Å². The molecule has 0 N–H and O–H groups in total. The van der Waals surface area contributed by atoms with Crippen LogP contribution in [0.25, 0.3) is 0 Å². The summed E-state index contributed by atoms with van der Waals surface area (Å²) in [5, 5.41) is 0. The van der Waals surface area contributed by atoms with Crippen LogP contribution in [0.4, 0.5) is 13.2 Å². The fraction of sp³-hybridized carbons (Fsp3) is 0.500. The third-order valence-electron chi connectivity index (χ3n) is 1.60. The molecule has 5 heteroatoms. The summed E-state index contributed by atoms with van der Waals surface area (Å²) in [4.78, 5) is 10.5. The first-order chi connectivity index (χ1) is 6.73. The van der Waals surface area contributed by atoms with Crippen LogP contribution < -0.4 is 0 Å². The molecule has 0 aromatic heterocycles. The predicted octanol–water partition coefficient (Wildman–Crippen LogP) is 3.00. The standard InChI is InChI=1S/C10H13F3O2/c1-5-8(15-7(4)14)10(12,13)9(11)6(2)3/h5,8H,1H2,2-4H3/t8-/m1/s1. The maximum Gasteiger partial charge on any atom is 0.338 e. The van der Waals surface area contributed by atoms with Gasteiger partial charge in [-0.05, 0) is 25.5 Å². The van der Waals surface area contributed by atoms with Crippen molar-refractivity contribution in [3.05, 3.63) is 24.1 Å². The summed E-state index contributed by atoms with van der Waals surface area (Å²) in [6.07, 6.45) is -1.28. The van der Waals surface area contributed by atoms with Gasteiger partial charge in [0, 0.05) is 6.92 Å². The molecule has 2 nitrogen and oxygen atoms in total. The van der Waals surface area contributed by atoms with E-state index < -0.39 is 23.8 Å². The van der Waals surface area contributed by atoms with Gasteiger partial charge in [0.1, 0.15) is 0 Å². The zero-order chi connectivity index (χ0) is 12.2. The Kier molecular flexibility index (Phi) is 4.58. The third kappa shape index (κ3) is 3.42. The van der Waals surface area contributed by atoms with E-state index >= 15 is 0 Å². The maximum atomic E-state index is 13.3. The summed E-state index contributed by atoms with van der Waals surface area (Å²) in [6.45, 7) is 6.45. The minimum atomic E-state index is -3.87. The van der Waals surface area contributed by atoms with Gasteiger partial charge in [0.2, 0.25) is 0 Å². The van der Waals surface area contributed by atoms with Crippen molar-refractivity contribution in [1.82, 2.24) is 0 Å². The summed E-state index contributed by atoms with van der Waals surface area (Å²) in [5.74, 6) is -6.39. The molecule has 86 valence electrons. The van der Waals surface area contributed by atoms with Crippen molar-refractivity contribution in [1.29, 1.82) is 0 Å². The van der Waals surface area contributed by atoms with Crippen molar-refractivity contribution in [2.24, 2.45) is 0 Å². The summed E-state index contributed by atoms with van der Waals surface area (Å²) < 4.78 is 44.0. The van der Waals surface area contributed by atoms with E-state index in [0.717, 1.165) is 6.92 Å². The predicted molar refractivity (Wildman–Crippen MR) is 50.2 cm³/mol. The summed E-state index contributed by atoms with van der Waals surface area (Å²) in [5.41, 5.74) is -0.168. The Morgan fingerprint density at radius 3 is 2.13 bits per heavy atom. The summed E-state index contributed by atoms with van der Waals surface area (Å²) in [7, 11) is 0. The molecule has 0 spiro atoms. The fourth-order valence-electron chi connectivity index (χ4n) is 0.907. The van der Waals surface area contributed by atoms with Gasteiger partial charge >= 0.3 is 11.9 Å². The van der Waals surface area contributed by atoms with Crippen molar-refractivity contribution in [3.8, 4) is 0 Å². The average molecular weight is 222 g/mol. The Morgan fingerprint density at radius 1 is 1.40 bits per heavy atom. The molecule has 0 aromatic rings. The van der Waals surface area contributed by atoms with Crippen molar-refractivity contribution in [2.75, 3.05) is 0 Å². The van der Waals surface area contributed by atoms with Crippen molar-refractivity contribution >= 4 is 5.97 Å². The van der Waals surface area contributed by atoms with Crippen LogP contribution in [-0.4, -0.2) is 18.0 Å². The Hall–Kier alpha value is -1.26. The maximum absolute atomic E-state index is 13.3. The van der Waals surface area contributed by atoms with Gasteiger partial charge in [-0.1, -0.05) is 6.58 Å². The van der Waals surface area contributed by atoms with Crippen LogP contribution in [-0.2, 0) is 9.53 Å². The summed E-state index contributed by atoms with van der Waals surface area (Å²) in [6, 6.07) is 0. The van der Waals surface area contributed by atoms with E-state index in [1.54, 1.807) is 0 Å². The van der Waals surface area contributed by atoms with Crippen LogP contribution >= 0.6 is 0 Å². The van der Waals surface area contributed by atoms with Gasteiger partial charge in [0.15, 0.2) is 11.9 Å². The largest absolute Gasteiger partial charge is 0.451 e. The molecule has 0 heterocycles. The molecule has 0 aliphatic rings. The lowest BCUT2D eigenvalue weighted by atomic mass is 10.1. The van der Waals surface area contributed by atoms with E-state index in [4.69, 9.17) is 0 Å². The van der Waals surface area contributed by atoms with Gasteiger partial charge in [-0.15, -0.1) is 0 Å². The second kappa shape index (κ2) is 5.00. The van der Waals surface area contributed by atoms with Gasteiger partial charge in [0.05, 0.1) is 0 Å². The zero-order valence-corrected chi connectivity index (χ0v) is 8.81. The molecule has 0 saturated heterocycles. The van der Waals surface area contributed by atoms with Crippen LogP contribution in [0.5, 0.6) is 0 Å². The number of hydrogen-bond donors (Lipinski definition) is 0. The van der Waals surface area contributed by atoms with E-state index in [1.807, 2.05) is 0 Å². The van der Waals surface area contributed by atoms with Gasteiger partial charge in [-0.3, -0.25) is 4.79 Å². The lowest BCUT2D eigenvalue weighted by Crippen LogP contribution is -2.36. The second-order valence-electron chi connectivity index (χ2n) is 3.20. The first-order valence-corrected chi connectivity index (χ1v) is 4.24. The number of alkyl halides is 2. The number of hydrogen-bond acceptors (Lipinski definition) is 2. The highest BCUT2D eigenvalue weighted by atomic mass is 19.3. The van der Waals surface area contributed by atoms with E-state index in [0.29, 0.717) is 6.08 Å². The van der Waals surface area contributed by atoms with E-state index in [2.05, 4.69) is 11.3 Å². The minimum absolute atomic E-state index is 0.168. The van der Waals surface area contributed by atoms with Gasteiger partial charge in [-0.25, -0.2) is 4.39 Å². The molecule has 0 unspecified atom stereocenters. The number of halogens is 3. The molecule has 1 atom stereocenters. The van der Waals surface area contributed by atoms with Crippen LogP contribution in [0.3, 0.4) is 0 Å². The molecule has 0 bridgehead atoms. The van der Waals surface area contributed by atoms with Crippen LogP contribution in [0, 0.1) is 0 Å². The molecule has 0 amide bonds. The average Bonchev–Trinajstić information content (AvgIpc) is 2.11. The highest BCUT2D eigenvalue weighted by molar-refractivity contribution is 5.66. The molecule has 0 rings (SSSR count). The monoisotopic (exact) mass is 222 g/mol. The first-order valence-electron chi connectivity index (χ1n) is 4.24. The normalized spacial score (nSPS) is 12.9. The van der Waals surface area contributed by atoms with Crippen LogP contribution in [0.2, 0.25) is 0 Å². The van der Waals surface area contributed by atoms with Gasteiger partial charge in [0.25, 0.3) is 0 Å². The van der Waals surface area contributed by atoms with Gasteiger partial charge in [-0.2, -0.15) is 8.78 Å². The minimum Gasteiger partial charge on any atom is -0.451 e. The Labute approximate surface area is 86.4 Å². The molecule has 15 heavy (non-hydrogen) atoms. The highest BCUT2D eigenvalue weighted by Crippen LogP contribution is 2.33. The van der Waals surface area contributed by atoms with E-state index in [9.17, 15) is 18.0 Å². The fourth-order valence-corrected chi connectivity index (χ4v) is 0.907. The van der Waals surface area contributed by atoms with Crippen molar-refractivity contribution in [3.63, 3.8) is 0 Å². The molecule has 0 aliphatic carbocycles. The van der Waals surface area contributed by atoms with E-state index in [1.165, 1.54) is 13.8 Å². The number of carbonyl (C=O) groups excluding carboxylic acids is 1. The Morgan fingerprint density at radius 2 is 1.87 bits per heavy atom. The highest BCUT2D eigenvalue weighted by Gasteiger charge is 2.45. The molecule has 0 radical (unpaired) electrons. The van der Waals surface area contributed by atoms with Crippen molar-refractivity contribution in [2.45, 2.75) is 32.8 Å². The van der Waals surface area contributed by atoms with Crippen LogP contribution in [0.1, 0.15) is 20.8 Å². The zero-order valence-electron chi connectivity index (χ0n) is 8.81. The molecule has 0 saturated carbocycles. The number of ether oxygens (including phenoxy) is 1. The lowest BCUT2D eigenvalue weighted by Gasteiger charge is -2.23. The molecule has 0 aromatic carbocycles. The van der Waals surface area contributed by atoms with Crippen molar-refractivity contribution < 1.29 is 22.7 Å². The number of esters is 1. The van der Waals surface area contributed by atoms with Gasteiger partial charge < -0.3 is 4.74 Å². The lowest BCUT2D eigenvalue weighted by molar-refractivity contribution is -0.160. The quantitative estimate of drug-likeness (QED) is 0.540. The Bertz CT molecular complexity index is 291. The third-order valence-corrected chi connectivity index (χ3v) is 1.60. The summed E-state index contributed by atoms with van der Waals surface area (Å²) >= 11 is 0. The number of carbonyl (C=O) groups is 1. The second-order valence-corrected chi connectivity index (χ2v) is 3.20. The molecule has 0 fully saturated rings. The first kappa shape index (κ1) is 13.7. The number of rotatable bonds is 4. The Balaban J connectivity index is 5.05. The number of allylic oxidation sites excluding steroid dienone is 1. The molecule has 0 aliphatic heterocycles.